The smallest absolute Gasteiger partial charge is 0.322 e. The lowest BCUT2D eigenvalue weighted by Crippen LogP contribution is -2.41. The van der Waals surface area contributed by atoms with Gasteiger partial charge in [0.2, 0.25) is 10.0 Å². The molecule has 0 amide bonds. The van der Waals surface area contributed by atoms with Crippen LogP contribution in [0.2, 0.25) is 0 Å². The summed E-state index contributed by atoms with van der Waals surface area (Å²) in [6.07, 6.45) is -0.475. The Labute approximate surface area is 88.6 Å². The lowest BCUT2D eigenvalue weighted by Gasteiger charge is -2.20. The zero-order valence-electron chi connectivity index (χ0n) is 8.46. The Morgan fingerprint density at radius 1 is 1.53 bits per heavy atom. The van der Waals surface area contributed by atoms with Gasteiger partial charge >= 0.3 is 5.97 Å². The van der Waals surface area contributed by atoms with Crippen molar-refractivity contribution in [2.24, 2.45) is 0 Å². The second kappa shape index (κ2) is 4.46. The van der Waals surface area contributed by atoms with Crippen LogP contribution in [0.15, 0.2) is 0 Å². The van der Waals surface area contributed by atoms with Gasteiger partial charge in [-0.1, -0.05) is 6.92 Å². The third kappa shape index (κ3) is 2.67. The van der Waals surface area contributed by atoms with E-state index in [0.29, 0.717) is 6.42 Å². The van der Waals surface area contributed by atoms with Crippen LogP contribution in [-0.4, -0.2) is 53.3 Å². The summed E-state index contributed by atoms with van der Waals surface area (Å²) in [6, 6.07) is -1.11. The summed E-state index contributed by atoms with van der Waals surface area (Å²) in [5.41, 5.74) is 0. The number of carbonyl (C=O) groups is 1. The molecular formula is C8H15NO5S. The fraction of sp³-hybridized carbons (Fsp3) is 0.875. The van der Waals surface area contributed by atoms with Crippen molar-refractivity contribution in [3.8, 4) is 0 Å². The average Bonchev–Trinajstić information content (AvgIpc) is 2.47. The van der Waals surface area contributed by atoms with E-state index in [1.165, 1.54) is 0 Å². The number of sulfonamides is 1. The number of rotatable bonds is 4. The molecule has 7 heteroatoms. The maximum atomic E-state index is 11.6. The van der Waals surface area contributed by atoms with Gasteiger partial charge in [-0.15, -0.1) is 0 Å². The van der Waals surface area contributed by atoms with Crippen molar-refractivity contribution < 1.29 is 23.4 Å². The number of carboxylic acids is 1. The Bertz CT molecular complexity index is 339. The van der Waals surface area contributed by atoms with Crippen LogP contribution in [0, 0.1) is 0 Å². The predicted octanol–water partition coefficient (Wildman–Crippen LogP) is -0.754. The van der Waals surface area contributed by atoms with E-state index in [1.54, 1.807) is 6.92 Å². The van der Waals surface area contributed by atoms with Gasteiger partial charge in [0, 0.05) is 13.0 Å². The standard InChI is InChI=1S/C8H15NO5S/c1-2-3-15(13,14)9-5-6(10)4-7(9)8(11)12/h6-7,10H,2-5H2,1H3,(H,11,12)/t6-,7-/m0/s1. The van der Waals surface area contributed by atoms with Crippen LogP contribution in [0.5, 0.6) is 0 Å². The summed E-state index contributed by atoms with van der Waals surface area (Å²) in [4.78, 5) is 10.8. The molecule has 2 atom stereocenters. The molecule has 1 saturated heterocycles. The van der Waals surface area contributed by atoms with Gasteiger partial charge in [0.25, 0.3) is 0 Å². The number of aliphatic carboxylic acids is 1. The van der Waals surface area contributed by atoms with Crippen LogP contribution in [0.4, 0.5) is 0 Å². The van der Waals surface area contributed by atoms with E-state index in [0.717, 1.165) is 4.31 Å². The normalized spacial score (nSPS) is 28.1. The van der Waals surface area contributed by atoms with Crippen LogP contribution >= 0.6 is 0 Å². The highest BCUT2D eigenvalue weighted by Gasteiger charge is 2.42. The molecule has 6 nitrogen and oxygen atoms in total. The van der Waals surface area contributed by atoms with Gasteiger partial charge in [0.05, 0.1) is 11.9 Å². The van der Waals surface area contributed by atoms with Crippen molar-refractivity contribution in [1.82, 2.24) is 4.31 Å². The van der Waals surface area contributed by atoms with Gasteiger partial charge in [0.15, 0.2) is 0 Å². The molecule has 0 aliphatic carbocycles. The Balaban J connectivity index is 2.88. The predicted molar refractivity (Wildman–Crippen MR) is 52.8 cm³/mol. The fourth-order valence-electron chi connectivity index (χ4n) is 1.69. The Hall–Kier alpha value is -0.660. The topological polar surface area (TPSA) is 94.9 Å². The van der Waals surface area contributed by atoms with Crippen LogP contribution in [-0.2, 0) is 14.8 Å². The number of hydrogen-bond donors (Lipinski definition) is 2. The molecule has 1 aliphatic heterocycles. The monoisotopic (exact) mass is 237 g/mol. The molecule has 0 bridgehead atoms. The van der Waals surface area contributed by atoms with Gasteiger partial charge in [-0.2, -0.15) is 4.31 Å². The third-order valence-corrected chi connectivity index (χ3v) is 4.38. The number of carboxylic acid groups (broad SMARTS) is 1. The fourth-order valence-corrected chi connectivity index (χ4v) is 3.40. The van der Waals surface area contributed by atoms with Crippen LogP contribution in [0.25, 0.3) is 0 Å². The molecule has 0 aromatic heterocycles. The molecule has 1 rings (SSSR count). The lowest BCUT2D eigenvalue weighted by molar-refractivity contribution is -0.140. The van der Waals surface area contributed by atoms with E-state index in [9.17, 15) is 18.3 Å². The number of aliphatic hydroxyl groups is 1. The first-order valence-electron chi connectivity index (χ1n) is 4.79. The Morgan fingerprint density at radius 3 is 2.60 bits per heavy atom. The molecule has 88 valence electrons. The molecule has 1 aliphatic rings. The van der Waals surface area contributed by atoms with Gasteiger partial charge in [-0.25, -0.2) is 8.42 Å². The van der Waals surface area contributed by atoms with Crippen LogP contribution < -0.4 is 0 Å². The first-order chi connectivity index (χ1) is 6.88. The first-order valence-corrected chi connectivity index (χ1v) is 6.39. The molecule has 15 heavy (non-hydrogen) atoms. The van der Waals surface area contributed by atoms with E-state index in [4.69, 9.17) is 5.11 Å². The average molecular weight is 237 g/mol. The third-order valence-electron chi connectivity index (χ3n) is 2.34. The van der Waals surface area contributed by atoms with Gasteiger partial charge in [0.1, 0.15) is 6.04 Å². The molecule has 2 N–H and O–H groups in total. The summed E-state index contributed by atoms with van der Waals surface area (Å²) in [5, 5.41) is 18.1. The highest BCUT2D eigenvalue weighted by Crippen LogP contribution is 2.22. The number of hydrogen-bond acceptors (Lipinski definition) is 4. The molecule has 1 heterocycles. The van der Waals surface area contributed by atoms with E-state index in [-0.39, 0.29) is 18.7 Å². The van der Waals surface area contributed by atoms with Gasteiger partial charge < -0.3 is 10.2 Å². The zero-order valence-corrected chi connectivity index (χ0v) is 9.27. The van der Waals surface area contributed by atoms with Crippen molar-refractivity contribution in [3.63, 3.8) is 0 Å². The second-order valence-corrected chi connectivity index (χ2v) is 5.67. The van der Waals surface area contributed by atoms with E-state index < -0.39 is 28.1 Å². The van der Waals surface area contributed by atoms with Crippen LogP contribution in [0.3, 0.4) is 0 Å². The maximum Gasteiger partial charge on any atom is 0.322 e. The lowest BCUT2D eigenvalue weighted by atomic mass is 10.2. The highest BCUT2D eigenvalue weighted by atomic mass is 32.2. The van der Waals surface area contributed by atoms with E-state index >= 15 is 0 Å². The Kier molecular flexibility index (Phi) is 3.69. The number of β-amino-alcohol motifs (C(OH)–C–C–N with tert-alkyl or cyclic N) is 1. The quantitative estimate of drug-likeness (QED) is 0.670. The summed E-state index contributed by atoms with van der Waals surface area (Å²) in [7, 11) is -3.54. The molecule has 1 fully saturated rings. The summed E-state index contributed by atoms with van der Waals surface area (Å²) in [6.45, 7) is 1.60. The molecule has 0 radical (unpaired) electrons. The summed E-state index contributed by atoms with van der Waals surface area (Å²) < 4.78 is 24.2. The molecule has 0 unspecified atom stereocenters. The van der Waals surface area contributed by atoms with Gasteiger partial charge in [-0.3, -0.25) is 4.79 Å². The largest absolute Gasteiger partial charge is 0.480 e. The first kappa shape index (κ1) is 12.4. The number of nitrogens with zero attached hydrogens (tertiary/aromatic N) is 1. The van der Waals surface area contributed by atoms with Gasteiger partial charge in [-0.05, 0) is 6.42 Å². The number of aliphatic hydroxyl groups excluding tert-OH is 1. The van der Waals surface area contributed by atoms with Crippen LogP contribution in [0.1, 0.15) is 19.8 Å². The van der Waals surface area contributed by atoms with Crippen molar-refractivity contribution in [3.05, 3.63) is 0 Å². The Morgan fingerprint density at radius 2 is 2.13 bits per heavy atom. The second-order valence-electron chi connectivity index (χ2n) is 3.63. The zero-order chi connectivity index (χ0) is 11.6. The minimum absolute atomic E-state index is 0.0295. The minimum atomic E-state index is -3.54. The van der Waals surface area contributed by atoms with E-state index in [2.05, 4.69) is 0 Å². The molecule has 0 spiro atoms. The molecule has 0 aromatic rings. The summed E-state index contributed by atoms with van der Waals surface area (Å²) in [5.74, 6) is -1.28. The molecule has 0 saturated carbocycles. The highest BCUT2D eigenvalue weighted by molar-refractivity contribution is 7.89. The maximum absolute atomic E-state index is 11.6. The minimum Gasteiger partial charge on any atom is -0.480 e. The SMILES string of the molecule is CCCS(=O)(=O)N1C[C@@H](O)C[C@H]1C(=O)O. The molecular weight excluding hydrogens is 222 g/mol. The van der Waals surface area contributed by atoms with Crippen molar-refractivity contribution in [2.75, 3.05) is 12.3 Å². The van der Waals surface area contributed by atoms with E-state index in [1.807, 2.05) is 0 Å². The summed E-state index contributed by atoms with van der Waals surface area (Å²) >= 11 is 0. The molecule has 0 aromatic carbocycles. The van der Waals surface area contributed by atoms with Crippen molar-refractivity contribution in [2.45, 2.75) is 31.9 Å². The van der Waals surface area contributed by atoms with Crippen molar-refractivity contribution in [1.29, 1.82) is 0 Å². The van der Waals surface area contributed by atoms with Crippen molar-refractivity contribution >= 4 is 16.0 Å².